The fourth-order valence-corrected chi connectivity index (χ4v) is 2.41. The van der Waals surface area contributed by atoms with Crippen LogP contribution in [0.15, 0.2) is 12.6 Å². The van der Waals surface area contributed by atoms with Crippen LogP contribution >= 0.6 is 11.6 Å². The molecule has 5 heteroatoms. The zero-order valence-corrected chi connectivity index (χ0v) is 13.0. The number of amides is 1. The molecule has 0 atom stereocenters. The lowest BCUT2D eigenvalue weighted by atomic mass is 10.1. The molecule has 0 fully saturated rings. The number of hydrogen-bond acceptors (Lipinski definition) is 3. The Morgan fingerprint density at radius 2 is 2.15 bits per heavy atom. The Morgan fingerprint density at radius 3 is 2.70 bits per heavy atom. The fraction of sp³-hybridized carbons (Fsp3) is 0.467. The number of rotatable bonds is 1. The molecule has 0 aromatic carbocycles. The molecule has 0 N–H and O–H groups in total. The molecule has 4 nitrogen and oxygen atoms in total. The standard InChI is InChI=1S/C15H19ClN2O2/c1-9(2)11-8-10-6-7-18(12(10)13(16)17-11)14(19)20-15(3,4)5/h8H,1,6-7H2,2-5H3. The Bertz CT molecular complexity index is 576. The van der Waals surface area contributed by atoms with Gasteiger partial charge in [-0.3, -0.25) is 4.90 Å². The van der Waals surface area contributed by atoms with Gasteiger partial charge in [0.25, 0.3) is 0 Å². The van der Waals surface area contributed by atoms with Crippen LogP contribution in [0.2, 0.25) is 5.15 Å². The van der Waals surface area contributed by atoms with Gasteiger partial charge < -0.3 is 4.74 Å². The summed E-state index contributed by atoms with van der Waals surface area (Å²) in [6.07, 6.45) is 0.361. The Balaban J connectivity index is 2.34. The third-order valence-electron chi connectivity index (χ3n) is 2.95. The minimum absolute atomic E-state index is 0.323. The van der Waals surface area contributed by atoms with Crippen LogP contribution in [0.4, 0.5) is 10.5 Å². The van der Waals surface area contributed by atoms with Crippen LogP contribution in [-0.4, -0.2) is 23.2 Å². The van der Waals surface area contributed by atoms with E-state index >= 15 is 0 Å². The topological polar surface area (TPSA) is 42.4 Å². The lowest BCUT2D eigenvalue weighted by Crippen LogP contribution is -2.35. The molecule has 20 heavy (non-hydrogen) atoms. The van der Waals surface area contributed by atoms with Crippen molar-refractivity contribution in [2.45, 2.75) is 39.7 Å². The Hall–Kier alpha value is -1.55. The number of aromatic nitrogens is 1. The summed E-state index contributed by atoms with van der Waals surface area (Å²) in [7, 11) is 0. The van der Waals surface area contributed by atoms with Gasteiger partial charge in [-0.2, -0.15) is 0 Å². The molecule has 2 heterocycles. The summed E-state index contributed by atoms with van der Waals surface area (Å²) in [5.74, 6) is 0. The lowest BCUT2D eigenvalue weighted by molar-refractivity contribution is 0.0584. The van der Waals surface area contributed by atoms with Crippen LogP contribution in [0.1, 0.15) is 39.0 Å². The first-order chi connectivity index (χ1) is 9.19. The van der Waals surface area contributed by atoms with E-state index in [4.69, 9.17) is 16.3 Å². The summed E-state index contributed by atoms with van der Waals surface area (Å²) in [6, 6.07) is 1.94. The predicted octanol–water partition coefficient (Wildman–Crippen LogP) is 4.07. The van der Waals surface area contributed by atoms with Crippen molar-refractivity contribution in [1.29, 1.82) is 0 Å². The van der Waals surface area contributed by atoms with Gasteiger partial charge in [-0.1, -0.05) is 18.2 Å². The van der Waals surface area contributed by atoms with Crippen molar-refractivity contribution in [3.63, 3.8) is 0 Å². The number of fused-ring (bicyclic) bond motifs is 1. The quantitative estimate of drug-likeness (QED) is 0.733. The fourth-order valence-electron chi connectivity index (χ4n) is 2.09. The van der Waals surface area contributed by atoms with Gasteiger partial charge in [0, 0.05) is 6.54 Å². The normalized spacial score (nSPS) is 14.2. The summed E-state index contributed by atoms with van der Waals surface area (Å²) >= 11 is 6.23. The van der Waals surface area contributed by atoms with Gasteiger partial charge >= 0.3 is 6.09 Å². The van der Waals surface area contributed by atoms with Crippen LogP contribution in [0.3, 0.4) is 0 Å². The molecule has 1 aliphatic heterocycles. The van der Waals surface area contributed by atoms with E-state index in [1.54, 1.807) is 4.90 Å². The molecule has 2 rings (SSSR count). The molecule has 0 unspecified atom stereocenters. The Morgan fingerprint density at radius 1 is 1.50 bits per heavy atom. The first-order valence-corrected chi connectivity index (χ1v) is 6.92. The van der Waals surface area contributed by atoms with E-state index in [0.29, 0.717) is 17.4 Å². The highest BCUT2D eigenvalue weighted by Crippen LogP contribution is 2.36. The molecule has 1 aromatic heterocycles. The van der Waals surface area contributed by atoms with Gasteiger partial charge in [0.15, 0.2) is 5.15 Å². The second-order valence-electron chi connectivity index (χ2n) is 5.97. The second kappa shape index (κ2) is 5.09. The van der Waals surface area contributed by atoms with Gasteiger partial charge in [-0.05, 0) is 51.3 Å². The van der Waals surface area contributed by atoms with Crippen molar-refractivity contribution in [3.05, 3.63) is 29.1 Å². The number of anilines is 1. The minimum atomic E-state index is -0.530. The van der Waals surface area contributed by atoms with Gasteiger partial charge in [0.2, 0.25) is 0 Å². The monoisotopic (exact) mass is 294 g/mol. The SMILES string of the molecule is C=C(C)c1cc2c(c(Cl)n1)N(C(=O)OC(C)(C)C)CC2. The van der Waals surface area contributed by atoms with Gasteiger partial charge in [-0.25, -0.2) is 9.78 Å². The lowest BCUT2D eigenvalue weighted by Gasteiger charge is -2.25. The zero-order valence-electron chi connectivity index (χ0n) is 12.3. The van der Waals surface area contributed by atoms with Crippen molar-refractivity contribution in [2.24, 2.45) is 0 Å². The molecule has 0 radical (unpaired) electrons. The molecular formula is C15H19ClN2O2. The first kappa shape index (κ1) is 14.9. The number of allylic oxidation sites excluding steroid dienone is 1. The number of hydrogen-bond donors (Lipinski definition) is 0. The largest absolute Gasteiger partial charge is 0.443 e. The highest BCUT2D eigenvalue weighted by atomic mass is 35.5. The van der Waals surface area contributed by atoms with E-state index in [1.807, 2.05) is 33.8 Å². The summed E-state index contributed by atoms with van der Waals surface area (Å²) in [5, 5.41) is 0.323. The molecule has 0 saturated heterocycles. The smallest absolute Gasteiger partial charge is 0.414 e. The van der Waals surface area contributed by atoms with E-state index in [1.165, 1.54) is 0 Å². The van der Waals surface area contributed by atoms with Gasteiger partial charge in [0.05, 0.1) is 11.4 Å². The molecule has 1 aliphatic rings. The van der Waals surface area contributed by atoms with E-state index in [2.05, 4.69) is 11.6 Å². The van der Waals surface area contributed by atoms with Crippen LogP contribution < -0.4 is 4.90 Å². The van der Waals surface area contributed by atoms with E-state index in [9.17, 15) is 4.79 Å². The van der Waals surface area contributed by atoms with Crippen molar-refractivity contribution in [2.75, 3.05) is 11.4 Å². The summed E-state index contributed by atoms with van der Waals surface area (Å²) in [6.45, 7) is 11.8. The summed E-state index contributed by atoms with van der Waals surface area (Å²) in [5.41, 5.74) is 2.75. The van der Waals surface area contributed by atoms with Crippen LogP contribution in [-0.2, 0) is 11.2 Å². The molecule has 1 amide bonds. The zero-order chi connectivity index (χ0) is 15.1. The Kier molecular flexibility index (Phi) is 3.78. The predicted molar refractivity (Wildman–Crippen MR) is 81.2 cm³/mol. The van der Waals surface area contributed by atoms with Crippen molar-refractivity contribution >= 4 is 29.0 Å². The molecule has 0 bridgehead atoms. The number of nitrogens with zero attached hydrogens (tertiary/aromatic N) is 2. The number of carbonyl (C=O) groups is 1. The van der Waals surface area contributed by atoms with E-state index in [-0.39, 0.29) is 6.09 Å². The van der Waals surface area contributed by atoms with Gasteiger partial charge in [0.1, 0.15) is 5.60 Å². The average Bonchev–Trinajstić information content (AvgIpc) is 2.70. The van der Waals surface area contributed by atoms with Crippen LogP contribution in [0, 0.1) is 0 Å². The highest BCUT2D eigenvalue weighted by Gasteiger charge is 2.31. The third kappa shape index (κ3) is 2.96. The molecule has 0 saturated carbocycles. The average molecular weight is 295 g/mol. The molecule has 108 valence electrons. The molecular weight excluding hydrogens is 276 g/mol. The minimum Gasteiger partial charge on any atom is -0.443 e. The number of carbonyl (C=O) groups excluding carboxylic acids is 1. The van der Waals surface area contributed by atoms with Crippen molar-refractivity contribution < 1.29 is 9.53 Å². The molecule has 0 spiro atoms. The maximum atomic E-state index is 12.2. The molecule has 1 aromatic rings. The van der Waals surface area contributed by atoms with E-state index in [0.717, 1.165) is 23.3 Å². The summed E-state index contributed by atoms with van der Waals surface area (Å²) in [4.78, 5) is 18.0. The van der Waals surface area contributed by atoms with Crippen LogP contribution in [0.25, 0.3) is 5.57 Å². The van der Waals surface area contributed by atoms with E-state index < -0.39 is 5.60 Å². The van der Waals surface area contributed by atoms with Crippen LogP contribution in [0.5, 0.6) is 0 Å². The Labute approximate surface area is 124 Å². The van der Waals surface area contributed by atoms with Gasteiger partial charge in [-0.15, -0.1) is 0 Å². The number of pyridine rings is 1. The first-order valence-electron chi connectivity index (χ1n) is 6.55. The number of ether oxygens (including phenoxy) is 1. The summed E-state index contributed by atoms with van der Waals surface area (Å²) < 4.78 is 5.39. The van der Waals surface area contributed by atoms with Crippen molar-refractivity contribution in [1.82, 2.24) is 4.98 Å². The third-order valence-corrected chi connectivity index (χ3v) is 3.22. The second-order valence-corrected chi connectivity index (χ2v) is 6.33. The van der Waals surface area contributed by atoms with Crippen molar-refractivity contribution in [3.8, 4) is 0 Å². The maximum absolute atomic E-state index is 12.2. The maximum Gasteiger partial charge on any atom is 0.414 e. The number of halogens is 1. The molecule has 0 aliphatic carbocycles. The highest BCUT2D eigenvalue weighted by molar-refractivity contribution is 6.33.